The van der Waals surface area contributed by atoms with E-state index in [4.69, 9.17) is 4.74 Å². The third kappa shape index (κ3) is 5.29. The van der Waals surface area contributed by atoms with Gasteiger partial charge in [0.2, 0.25) is 0 Å². The summed E-state index contributed by atoms with van der Waals surface area (Å²) in [5.41, 5.74) is 3.39. The molecule has 0 bridgehead atoms. The second-order valence-electron chi connectivity index (χ2n) is 8.12. The summed E-state index contributed by atoms with van der Waals surface area (Å²) in [5, 5.41) is 0. The standard InChI is InChI=1S/C27H26F2N2O2/c1-30-12-14-31(15-13-30)26-10-6-20(19-4-3-5-22(28)17-19)16-21(26)7-11-27(32)24-9-8-23(33-2)18-25(24)29/h3-11,16-18H,12-15H2,1-2H3. The van der Waals surface area contributed by atoms with Crippen molar-refractivity contribution < 1.29 is 18.3 Å². The molecular formula is C27H26F2N2O2. The molecule has 3 aromatic rings. The molecule has 0 saturated carbocycles. The predicted molar refractivity (Wildman–Crippen MR) is 128 cm³/mol. The number of likely N-dealkylation sites (N-methyl/N-ethyl adjacent to an activating group) is 1. The smallest absolute Gasteiger partial charge is 0.188 e. The van der Waals surface area contributed by atoms with E-state index in [1.54, 1.807) is 18.2 Å². The molecule has 0 unspecified atom stereocenters. The fourth-order valence-corrected chi connectivity index (χ4v) is 3.95. The second kappa shape index (κ2) is 9.96. The van der Waals surface area contributed by atoms with Gasteiger partial charge in [-0.2, -0.15) is 0 Å². The number of allylic oxidation sites excluding steroid dienone is 1. The normalized spacial score (nSPS) is 14.6. The highest BCUT2D eigenvalue weighted by atomic mass is 19.1. The summed E-state index contributed by atoms with van der Waals surface area (Å²) in [6.45, 7) is 3.59. The number of halogens is 2. The molecule has 6 heteroatoms. The number of piperazine rings is 1. The summed E-state index contributed by atoms with van der Waals surface area (Å²) in [5.74, 6) is -1.02. The summed E-state index contributed by atoms with van der Waals surface area (Å²) in [7, 11) is 3.54. The molecule has 0 atom stereocenters. The van der Waals surface area contributed by atoms with Gasteiger partial charge in [-0.05, 0) is 72.3 Å². The third-order valence-electron chi connectivity index (χ3n) is 5.89. The van der Waals surface area contributed by atoms with E-state index in [-0.39, 0.29) is 11.4 Å². The van der Waals surface area contributed by atoms with Gasteiger partial charge in [-0.3, -0.25) is 4.79 Å². The molecule has 0 spiro atoms. The zero-order chi connectivity index (χ0) is 23.4. The summed E-state index contributed by atoms with van der Waals surface area (Å²) >= 11 is 0. The minimum absolute atomic E-state index is 0.0190. The number of rotatable bonds is 6. The molecule has 33 heavy (non-hydrogen) atoms. The van der Waals surface area contributed by atoms with Crippen LogP contribution in [0.4, 0.5) is 14.5 Å². The number of carbonyl (C=O) groups is 1. The molecule has 1 aliphatic rings. The fraction of sp³-hybridized carbons (Fsp3) is 0.222. The van der Waals surface area contributed by atoms with Crippen molar-refractivity contribution in [2.24, 2.45) is 0 Å². The number of benzene rings is 3. The van der Waals surface area contributed by atoms with Crippen molar-refractivity contribution in [3.63, 3.8) is 0 Å². The minimum atomic E-state index is -0.628. The van der Waals surface area contributed by atoms with Crippen LogP contribution in [0.3, 0.4) is 0 Å². The van der Waals surface area contributed by atoms with Crippen LogP contribution < -0.4 is 9.64 Å². The highest BCUT2D eigenvalue weighted by molar-refractivity contribution is 6.07. The summed E-state index contributed by atoms with van der Waals surface area (Å²) in [6.07, 6.45) is 3.09. The van der Waals surface area contributed by atoms with Gasteiger partial charge in [-0.25, -0.2) is 8.78 Å². The van der Waals surface area contributed by atoms with Crippen LogP contribution in [0.25, 0.3) is 17.2 Å². The lowest BCUT2D eigenvalue weighted by Gasteiger charge is -2.35. The van der Waals surface area contributed by atoms with Crippen LogP contribution in [0.5, 0.6) is 5.75 Å². The van der Waals surface area contributed by atoms with E-state index in [2.05, 4.69) is 16.8 Å². The van der Waals surface area contributed by atoms with Crippen molar-refractivity contribution in [2.45, 2.75) is 0 Å². The number of hydrogen-bond donors (Lipinski definition) is 0. The van der Waals surface area contributed by atoms with E-state index in [1.165, 1.54) is 37.5 Å². The summed E-state index contributed by atoms with van der Waals surface area (Å²) in [6, 6.07) is 16.5. The monoisotopic (exact) mass is 448 g/mol. The van der Waals surface area contributed by atoms with Crippen molar-refractivity contribution in [3.05, 3.63) is 89.5 Å². The van der Waals surface area contributed by atoms with Crippen LogP contribution in [0.15, 0.2) is 66.7 Å². The van der Waals surface area contributed by atoms with Crippen molar-refractivity contribution >= 4 is 17.5 Å². The third-order valence-corrected chi connectivity index (χ3v) is 5.89. The number of hydrogen-bond acceptors (Lipinski definition) is 4. The molecule has 0 N–H and O–H groups in total. The van der Waals surface area contributed by atoms with Crippen molar-refractivity contribution in [2.75, 3.05) is 45.2 Å². The quantitative estimate of drug-likeness (QED) is 0.379. The number of ketones is 1. The highest BCUT2D eigenvalue weighted by Gasteiger charge is 2.17. The lowest BCUT2D eigenvalue weighted by molar-refractivity contribution is 0.104. The lowest BCUT2D eigenvalue weighted by atomic mass is 9.99. The first-order valence-electron chi connectivity index (χ1n) is 10.8. The molecule has 0 radical (unpaired) electrons. The maximum Gasteiger partial charge on any atom is 0.188 e. The number of carbonyl (C=O) groups excluding carboxylic acids is 1. The number of methoxy groups -OCH3 is 1. The minimum Gasteiger partial charge on any atom is -0.497 e. The van der Waals surface area contributed by atoms with Gasteiger partial charge in [0, 0.05) is 37.9 Å². The Hall–Kier alpha value is -3.51. The van der Waals surface area contributed by atoms with Crippen LogP contribution in [0.2, 0.25) is 0 Å². The maximum absolute atomic E-state index is 14.4. The first-order chi connectivity index (χ1) is 15.9. The zero-order valence-corrected chi connectivity index (χ0v) is 18.7. The predicted octanol–water partition coefficient (Wildman–Crippen LogP) is 5.29. The molecule has 0 aliphatic carbocycles. The molecule has 1 aliphatic heterocycles. The molecule has 1 saturated heterocycles. The first-order valence-corrected chi connectivity index (χ1v) is 10.8. The van der Waals surface area contributed by atoms with E-state index in [1.807, 2.05) is 24.3 Å². The van der Waals surface area contributed by atoms with Gasteiger partial charge >= 0.3 is 0 Å². The Balaban J connectivity index is 1.69. The molecule has 4 nitrogen and oxygen atoms in total. The van der Waals surface area contributed by atoms with E-state index in [0.717, 1.165) is 48.6 Å². The number of nitrogens with zero attached hydrogens (tertiary/aromatic N) is 2. The molecule has 170 valence electrons. The average Bonchev–Trinajstić information content (AvgIpc) is 2.83. The van der Waals surface area contributed by atoms with E-state index in [9.17, 15) is 13.6 Å². The molecule has 1 heterocycles. The van der Waals surface area contributed by atoms with Gasteiger partial charge in [0.1, 0.15) is 17.4 Å². The molecule has 3 aromatic carbocycles. The van der Waals surface area contributed by atoms with Crippen LogP contribution in [-0.2, 0) is 0 Å². The van der Waals surface area contributed by atoms with Gasteiger partial charge in [0.05, 0.1) is 12.7 Å². The fourth-order valence-electron chi connectivity index (χ4n) is 3.95. The molecule has 4 rings (SSSR count). The molecule has 0 aromatic heterocycles. The van der Waals surface area contributed by atoms with Crippen molar-refractivity contribution in [1.29, 1.82) is 0 Å². The summed E-state index contributed by atoms with van der Waals surface area (Å²) in [4.78, 5) is 17.3. The second-order valence-corrected chi connectivity index (χ2v) is 8.12. The molecule has 0 amide bonds. The molecular weight excluding hydrogens is 422 g/mol. The Labute approximate surface area is 192 Å². The average molecular weight is 449 g/mol. The summed E-state index contributed by atoms with van der Waals surface area (Å²) < 4.78 is 33.1. The van der Waals surface area contributed by atoms with E-state index < -0.39 is 11.6 Å². The number of ether oxygens (including phenoxy) is 1. The Bertz CT molecular complexity index is 1180. The topological polar surface area (TPSA) is 32.8 Å². The van der Waals surface area contributed by atoms with Gasteiger partial charge < -0.3 is 14.5 Å². The first kappa shape index (κ1) is 22.7. The Kier molecular flexibility index (Phi) is 6.84. The Morgan fingerprint density at radius 1 is 0.939 bits per heavy atom. The highest BCUT2D eigenvalue weighted by Crippen LogP contribution is 2.30. The largest absolute Gasteiger partial charge is 0.497 e. The van der Waals surface area contributed by atoms with E-state index >= 15 is 0 Å². The lowest BCUT2D eigenvalue weighted by Crippen LogP contribution is -2.44. The van der Waals surface area contributed by atoms with Crippen molar-refractivity contribution in [1.82, 2.24) is 4.90 Å². The van der Waals surface area contributed by atoms with E-state index in [0.29, 0.717) is 5.75 Å². The SMILES string of the molecule is COc1ccc(C(=O)C=Cc2cc(-c3cccc(F)c3)ccc2N2CCN(C)CC2)c(F)c1. The van der Waals surface area contributed by atoms with Crippen LogP contribution in [0, 0.1) is 11.6 Å². The molecule has 1 fully saturated rings. The number of anilines is 1. The van der Waals surface area contributed by atoms with Crippen LogP contribution in [-0.4, -0.2) is 51.0 Å². The van der Waals surface area contributed by atoms with Gasteiger partial charge in [0.25, 0.3) is 0 Å². The van der Waals surface area contributed by atoms with Gasteiger partial charge in [-0.1, -0.05) is 18.2 Å². The van der Waals surface area contributed by atoms with Crippen molar-refractivity contribution in [3.8, 4) is 16.9 Å². The van der Waals surface area contributed by atoms with Crippen LogP contribution in [0.1, 0.15) is 15.9 Å². The maximum atomic E-state index is 14.4. The van der Waals surface area contributed by atoms with Crippen LogP contribution >= 0.6 is 0 Å². The van der Waals surface area contributed by atoms with Gasteiger partial charge in [0.15, 0.2) is 5.78 Å². The zero-order valence-electron chi connectivity index (χ0n) is 18.7. The Morgan fingerprint density at radius 3 is 2.39 bits per heavy atom. The van der Waals surface area contributed by atoms with Gasteiger partial charge in [-0.15, -0.1) is 0 Å². The Morgan fingerprint density at radius 2 is 1.70 bits per heavy atom.